The number of anilines is 1. The molecule has 2 unspecified atom stereocenters. The third-order valence-corrected chi connectivity index (χ3v) is 4.64. The van der Waals surface area contributed by atoms with Crippen molar-refractivity contribution < 1.29 is 0 Å². The number of halogens is 1. The fourth-order valence-electron chi connectivity index (χ4n) is 3.63. The molecular weight excluding hydrogens is 274 g/mol. The van der Waals surface area contributed by atoms with E-state index < -0.39 is 0 Å². The molecule has 0 saturated carbocycles. The standard InChI is InChI=1S/C14H16ClN5/c15-10-8-16-14(17-9-10)20-11-2-3-12(20)7-13(6-11)19-5-1-4-18-19/h1,4-5,8-9,11-13H,2-3,6-7H2. The molecule has 2 bridgehead atoms. The second kappa shape index (κ2) is 4.74. The van der Waals surface area contributed by atoms with E-state index in [2.05, 4.69) is 30.8 Å². The van der Waals surface area contributed by atoms with Crippen LogP contribution in [0.3, 0.4) is 0 Å². The van der Waals surface area contributed by atoms with Crippen molar-refractivity contribution in [2.24, 2.45) is 0 Å². The molecule has 2 aliphatic rings. The number of piperidine rings is 1. The van der Waals surface area contributed by atoms with Gasteiger partial charge in [0.2, 0.25) is 5.95 Å². The largest absolute Gasteiger partial charge is 0.335 e. The van der Waals surface area contributed by atoms with E-state index in [1.54, 1.807) is 12.4 Å². The molecule has 2 aromatic heterocycles. The summed E-state index contributed by atoms with van der Waals surface area (Å²) >= 11 is 5.87. The van der Waals surface area contributed by atoms with Crippen LogP contribution in [0, 0.1) is 0 Å². The molecule has 2 saturated heterocycles. The molecule has 4 rings (SSSR count). The molecule has 0 N–H and O–H groups in total. The second-order valence-corrected chi connectivity index (χ2v) is 6.04. The molecule has 0 aromatic carbocycles. The van der Waals surface area contributed by atoms with Crippen molar-refractivity contribution >= 4 is 17.5 Å². The molecule has 0 spiro atoms. The monoisotopic (exact) mass is 289 g/mol. The molecule has 2 aromatic rings. The number of hydrogen-bond acceptors (Lipinski definition) is 4. The quantitative estimate of drug-likeness (QED) is 0.853. The van der Waals surface area contributed by atoms with E-state index in [1.807, 2.05) is 12.3 Å². The molecule has 20 heavy (non-hydrogen) atoms. The van der Waals surface area contributed by atoms with Crippen molar-refractivity contribution in [2.45, 2.75) is 43.8 Å². The first-order valence-electron chi connectivity index (χ1n) is 7.06. The SMILES string of the molecule is Clc1cnc(N2C3CCC2CC(n2cccn2)C3)nc1. The Labute approximate surface area is 122 Å². The zero-order valence-electron chi connectivity index (χ0n) is 11.1. The van der Waals surface area contributed by atoms with Gasteiger partial charge in [0.1, 0.15) is 0 Å². The Morgan fingerprint density at radius 1 is 1.05 bits per heavy atom. The van der Waals surface area contributed by atoms with Gasteiger partial charge in [-0.1, -0.05) is 11.6 Å². The Balaban J connectivity index is 1.58. The highest BCUT2D eigenvalue weighted by Crippen LogP contribution is 2.41. The normalized spacial score (nSPS) is 28.9. The van der Waals surface area contributed by atoms with Crippen LogP contribution in [0.15, 0.2) is 30.9 Å². The smallest absolute Gasteiger partial charge is 0.225 e. The lowest BCUT2D eigenvalue weighted by atomic mass is 9.98. The van der Waals surface area contributed by atoms with Crippen molar-refractivity contribution in [1.29, 1.82) is 0 Å². The highest BCUT2D eigenvalue weighted by Gasteiger charge is 2.42. The van der Waals surface area contributed by atoms with E-state index in [9.17, 15) is 0 Å². The van der Waals surface area contributed by atoms with Crippen LogP contribution >= 0.6 is 11.6 Å². The Bertz CT molecular complexity index is 568. The Morgan fingerprint density at radius 2 is 1.75 bits per heavy atom. The van der Waals surface area contributed by atoms with Crippen molar-refractivity contribution in [3.8, 4) is 0 Å². The summed E-state index contributed by atoms with van der Waals surface area (Å²) in [6.07, 6.45) is 12.0. The maximum absolute atomic E-state index is 5.87. The molecule has 2 fully saturated rings. The van der Waals surface area contributed by atoms with E-state index in [0.29, 0.717) is 23.1 Å². The van der Waals surface area contributed by atoms with Gasteiger partial charge in [-0.15, -0.1) is 0 Å². The molecule has 4 heterocycles. The summed E-state index contributed by atoms with van der Waals surface area (Å²) < 4.78 is 2.10. The maximum Gasteiger partial charge on any atom is 0.225 e. The Morgan fingerprint density at radius 3 is 2.35 bits per heavy atom. The molecule has 6 heteroatoms. The van der Waals surface area contributed by atoms with Crippen molar-refractivity contribution in [3.05, 3.63) is 35.9 Å². The number of hydrogen-bond donors (Lipinski definition) is 0. The number of nitrogens with zero attached hydrogens (tertiary/aromatic N) is 5. The van der Waals surface area contributed by atoms with Crippen LogP contribution in [0.2, 0.25) is 5.02 Å². The summed E-state index contributed by atoms with van der Waals surface area (Å²) in [5.41, 5.74) is 0. The van der Waals surface area contributed by atoms with Crippen molar-refractivity contribution in [3.63, 3.8) is 0 Å². The lowest BCUT2D eigenvalue weighted by Gasteiger charge is -2.38. The summed E-state index contributed by atoms with van der Waals surface area (Å²) in [6, 6.07) is 3.54. The van der Waals surface area contributed by atoms with Gasteiger partial charge in [-0.25, -0.2) is 9.97 Å². The lowest BCUT2D eigenvalue weighted by molar-refractivity contribution is 0.312. The minimum absolute atomic E-state index is 0.506. The minimum Gasteiger partial charge on any atom is -0.335 e. The molecule has 2 atom stereocenters. The van der Waals surface area contributed by atoms with E-state index in [-0.39, 0.29) is 0 Å². The fourth-order valence-corrected chi connectivity index (χ4v) is 3.72. The van der Waals surface area contributed by atoms with Crippen molar-refractivity contribution in [2.75, 3.05) is 4.90 Å². The van der Waals surface area contributed by atoms with Gasteiger partial charge < -0.3 is 4.90 Å². The van der Waals surface area contributed by atoms with Gasteiger partial charge in [-0.2, -0.15) is 5.10 Å². The summed E-state index contributed by atoms with van der Waals surface area (Å²) in [5.74, 6) is 0.820. The van der Waals surface area contributed by atoms with Crippen LogP contribution in [0.1, 0.15) is 31.7 Å². The number of fused-ring (bicyclic) bond motifs is 2. The van der Waals surface area contributed by atoms with E-state index in [4.69, 9.17) is 11.6 Å². The molecular formula is C14H16ClN5. The Hall–Kier alpha value is -1.62. The van der Waals surface area contributed by atoms with Gasteiger partial charge in [-0.3, -0.25) is 4.68 Å². The average molecular weight is 290 g/mol. The van der Waals surface area contributed by atoms with E-state index in [0.717, 1.165) is 18.8 Å². The third-order valence-electron chi connectivity index (χ3n) is 4.44. The summed E-state index contributed by atoms with van der Waals surface area (Å²) in [7, 11) is 0. The summed E-state index contributed by atoms with van der Waals surface area (Å²) in [6.45, 7) is 0. The third kappa shape index (κ3) is 1.97. The van der Waals surface area contributed by atoms with Crippen molar-refractivity contribution in [1.82, 2.24) is 19.7 Å². The first-order valence-corrected chi connectivity index (χ1v) is 7.44. The van der Waals surface area contributed by atoms with Crippen LogP contribution in [-0.2, 0) is 0 Å². The maximum atomic E-state index is 5.87. The van der Waals surface area contributed by atoms with Crippen LogP contribution in [-0.4, -0.2) is 31.8 Å². The first-order chi connectivity index (χ1) is 9.81. The average Bonchev–Trinajstić information content (AvgIpc) is 3.07. The first kappa shape index (κ1) is 12.1. The molecule has 104 valence electrons. The lowest BCUT2D eigenvalue weighted by Crippen LogP contribution is -2.44. The van der Waals surface area contributed by atoms with Gasteiger partial charge in [0, 0.05) is 24.5 Å². The Kier molecular flexibility index (Phi) is 2.88. The van der Waals surface area contributed by atoms with Gasteiger partial charge >= 0.3 is 0 Å². The second-order valence-electron chi connectivity index (χ2n) is 5.60. The van der Waals surface area contributed by atoms with Crippen LogP contribution in [0.4, 0.5) is 5.95 Å². The molecule has 0 aliphatic carbocycles. The van der Waals surface area contributed by atoms with Gasteiger partial charge in [-0.05, 0) is 31.7 Å². The topological polar surface area (TPSA) is 46.8 Å². The predicted octanol–water partition coefficient (Wildman–Crippen LogP) is 2.70. The molecule has 5 nitrogen and oxygen atoms in total. The zero-order valence-corrected chi connectivity index (χ0v) is 11.8. The fraction of sp³-hybridized carbons (Fsp3) is 0.500. The number of rotatable bonds is 2. The highest BCUT2D eigenvalue weighted by molar-refractivity contribution is 6.30. The molecule has 0 amide bonds. The van der Waals surface area contributed by atoms with E-state index >= 15 is 0 Å². The van der Waals surface area contributed by atoms with Gasteiger partial charge in [0.15, 0.2) is 0 Å². The van der Waals surface area contributed by atoms with E-state index in [1.165, 1.54) is 12.8 Å². The van der Waals surface area contributed by atoms with Crippen LogP contribution in [0.25, 0.3) is 0 Å². The summed E-state index contributed by atoms with van der Waals surface area (Å²) in [4.78, 5) is 11.2. The highest BCUT2D eigenvalue weighted by atomic mass is 35.5. The zero-order chi connectivity index (χ0) is 13.5. The molecule has 0 radical (unpaired) electrons. The minimum atomic E-state index is 0.506. The predicted molar refractivity (Wildman–Crippen MR) is 76.8 cm³/mol. The summed E-state index contributed by atoms with van der Waals surface area (Å²) in [5, 5.41) is 4.99. The van der Waals surface area contributed by atoms with Crippen LogP contribution in [0.5, 0.6) is 0 Å². The molecule has 2 aliphatic heterocycles. The van der Waals surface area contributed by atoms with Crippen LogP contribution < -0.4 is 4.90 Å². The van der Waals surface area contributed by atoms with Gasteiger partial charge in [0.05, 0.1) is 23.5 Å². The number of aromatic nitrogens is 4. The van der Waals surface area contributed by atoms with Gasteiger partial charge in [0.25, 0.3) is 0 Å².